The summed E-state index contributed by atoms with van der Waals surface area (Å²) in [5, 5.41) is 0.568. The van der Waals surface area contributed by atoms with Crippen LogP contribution in [0.5, 0.6) is 0 Å². The van der Waals surface area contributed by atoms with Gasteiger partial charge in [0.15, 0.2) is 0 Å². The summed E-state index contributed by atoms with van der Waals surface area (Å²) in [6.07, 6.45) is -2.23. The van der Waals surface area contributed by atoms with Crippen molar-refractivity contribution in [2.24, 2.45) is 0 Å². The summed E-state index contributed by atoms with van der Waals surface area (Å²) in [5.41, 5.74) is 0.906. The fraction of sp³-hybridized carbons (Fsp3) is 0.391. The number of halogens is 4. The van der Waals surface area contributed by atoms with E-state index in [1.54, 1.807) is 21.3 Å². The number of alkyl halides is 3. The summed E-state index contributed by atoms with van der Waals surface area (Å²) in [5.74, 6) is 0. The second kappa shape index (κ2) is 8.66. The summed E-state index contributed by atoms with van der Waals surface area (Å²) in [6.45, 7) is 2.91. The lowest BCUT2D eigenvalue weighted by Gasteiger charge is -2.32. The van der Waals surface area contributed by atoms with Crippen LogP contribution in [0, 0.1) is 0 Å². The molecular weight excluding hydrogens is 471 g/mol. The van der Waals surface area contributed by atoms with Crippen LogP contribution in [0.2, 0.25) is 5.02 Å². The van der Waals surface area contributed by atoms with E-state index in [-0.39, 0.29) is 22.9 Å². The molecule has 1 saturated heterocycles. The predicted octanol–water partition coefficient (Wildman–Crippen LogP) is 4.37. The number of nitrogens with zero attached hydrogens (tertiary/aromatic N) is 3. The molecular formula is C23H23ClF3N5O2. The van der Waals surface area contributed by atoms with Gasteiger partial charge in [0.2, 0.25) is 0 Å². The van der Waals surface area contributed by atoms with E-state index >= 15 is 0 Å². The number of aryl methyl sites for hydroxylation is 1. The summed E-state index contributed by atoms with van der Waals surface area (Å²) >= 11 is 6.00. The Morgan fingerprint density at radius 1 is 0.912 bits per heavy atom. The first kappa shape index (κ1) is 22.8. The molecule has 0 amide bonds. The van der Waals surface area contributed by atoms with Crippen molar-refractivity contribution in [2.75, 3.05) is 19.6 Å². The molecule has 0 atom stereocenters. The molecule has 0 spiro atoms. The van der Waals surface area contributed by atoms with Crippen LogP contribution in [0.25, 0.3) is 22.1 Å². The Morgan fingerprint density at radius 3 is 2.32 bits per heavy atom. The number of aromatic amines is 2. The highest BCUT2D eigenvalue weighted by Gasteiger charge is 2.31. The fourth-order valence-corrected chi connectivity index (χ4v) is 5.05. The lowest BCUT2D eigenvalue weighted by Crippen LogP contribution is -2.37. The number of imidazole rings is 2. The summed E-state index contributed by atoms with van der Waals surface area (Å²) in [7, 11) is 0. The molecule has 4 aromatic rings. The normalized spacial score (nSPS) is 16.1. The average Bonchev–Trinajstić information content (AvgIpc) is 3.28. The molecule has 2 aromatic carbocycles. The molecule has 2 N–H and O–H groups in total. The van der Waals surface area contributed by atoms with Crippen LogP contribution < -0.4 is 11.4 Å². The second-order valence-electron chi connectivity index (χ2n) is 8.70. The number of likely N-dealkylation sites (tertiary alicyclic amines) is 1. The molecule has 1 aliphatic rings. The van der Waals surface area contributed by atoms with Gasteiger partial charge in [-0.25, -0.2) is 9.59 Å². The molecule has 1 fully saturated rings. The van der Waals surface area contributed by atoms with Crippen molar-refractivity contribution in [3.63, 3.8) is 0 Å². The van der Waals surface area contributed by atoms with Gasteiger partial charge in [-0.15, -0.1) is 0 Å². The Kier molecular flexibility index (Phi) is 5.81. The van der Waals surface area contributed by atoms with Gasteiger partial charge in [0.25, 0.3) is 0 Å². The minimum absolute atomic E-state index is 0.0739. The molecule has 11 heteroatoms. The number of aromatic nitrogens is 4. The molecule has 7 nitrogen and oxygen atoms in total. The maximum absolute atomic E-state index is 13.0. The average molecular weight is 494 g/mol. The molecule has 34 heavy (non-hydrogen) atoms. The van der Waals surface area contributed by atoms with E-state index in [1.807, 2.05) is 6.07 Å². The maximum Gasteiger partial charge on any atom is 0.416 e. The Bertz CT molecular complexity index is 1460. The minimum Gasteiger partial charge on any atom is -0.306 e. The lowest BCUT2D eigenvalue weighted by atomic mass is 10.0. The molecule has 5 rings (SSSR count). The highest BCUT2D eigenvalue weighted by molar-refractivity contribution is 6.31. The molecule has 0 unspecified atom stereocenters. The van der Waals surface area contributed by atoms with E-state index in [1.165, 1.54) is 6.07 Å². The molecule has 0 saturated carbocycles. The van der Waals surface area contributed by atoms with Gasteiger partial charge in [-0.1, -0.05) is 11.6 Å². The molecule has 180 valence electrons. The van der Waals surface area contributed by atoms with Crippen molar-refractivity contribution < 1.29 is 13.2 Å². The monoisotopic (exact) mass is 493 g/mol. The number of fused-ring (bicyclic) bond motifs is 2. The zero-order valence-corrected chi connectivity index (χ0v) is 18.9. The van der Waals surface area contributed by atoms with Crippen molar-refractivity contribution in [2.45, 2.75) is 38.0 Å². The van der Waals surface area contributed by atoms with Crippen LogP contribution in [-0.4, -0.2) is 43.6 Å². The molecule has 0 radical (unpaired) electrons. The van der Waals surface area contributed by atoms with Crippen molar-refractivity contribution >= 4 is 33.7 Å². The Balaban J connectivity index is 1.22. The van der Waals surface area contributed by atoms with Crippen LogP contribution in [0.4, 0.5) is 13.2 Å². The van der Waals surface area contributed by atoms with Crippen molar-refractivity contribution in [1.29, 1.82) is 0 Å². The summed E-state index contributed by atoms with van der Waals surface area (Å²) < 4.78 is 42.3. The number of nitrogens with one attached hydrogen (secondary N) is 2. The van der Waals surface area contributed by atoms with Crippen LogP contribution in [-0.2, 0) is 12.7 Å². The van der Waals surface area contributed by atoms with Gasteiger partial charge in [0.05, 0.1) is 27.6 Å². The first-order valence-electron chi connectivity index (χ1n) is 11.1. The van der Waals surface area contributed by atoms with Gasteiger partial charge in [-0.05, 0) is 62.2 Å². The zero-order chi connectivity index (χ0) is 24.0. The van der Waals surface area contributed by atoms with Crippen molar-refractivity contribution in [3.8, 4) is 0 Å². The number of rotatable bonds is 5. The zero-order valence-electron chi connectivity index (χ0n) is 18.2. The van der Waals surface area contributed by atoms with Gasteiger partial charge in [0.1, 0.15) is 0 Å². The van der Waals surface area contributed by atoms with E-state index in [2.05, 4.69) is 14.9 Å². The maximum atomic E-state index is 13.0. The Morgan fingerprint density at radius 2 is 1.59 bits per heavy atom. The minimum atomic E-state index is -4.45. The van der Waals surface area contributed by atoms with Gasteiger partial charge in [0, 0.05) is 30.7 Å². The second-order valence-corrected chi connectivity index (χ2v) is 9.14. The molecule has 1 aliphatic heterocycles. The van der Waals surface area contributed by atoms with Crippen molar-refractivity contribution in [1.82, 2.24) is 24.0 Å². The molecule has 3 heterocycles. The lowest BCUT2D eigenvalue weighted by molar-refractivity contribution is -0.137. The molecule has 0 aliphatic carbocycles. The van der Waals surface area contributed by atoms with Crippen molar-refractivity contribution in [3.05, 3.63) is 68.0 Å². The molecule has 2 aromatic heterocycles. The summed E-state index contributed by atoms with van der Waals surface area (Å²) in [4.78, 5) is 32.5. The number of hydrogen-bond donors (Lipinski definition) is 2. The third-order valence-electron chi connectivity index (χ3n) is 6.56. The standard InChI is InChI=1S/C23H23ClF3N5O2/c24-15-3-5-19-18(13-15)28-21(33)31(19)9-1-8-30-10-6-16(7-11-30)32-20-4-2-14(23(25,26)27)12-17(20)29-22(32)34/h2-5,12-13,16H,1,6-11H2,(H,28,33)(H,29,34). The van der Waals surface area contributed by atoms with Crippen LogP contribution in [0.3, 0.4) is 0 Å². The number of piperidine rings is 1. The highest BCUT2D eigenvalue weighted by atomic mass is 35.5. The predicted molar refractivity (Wildman–Crippen MR) is 124 cm³/mol. The smallest absolute Gasteiger partial charge is 0.306 e. The Labute approximate surface area is 196 Å². The van der Waals surface area contributed by atoms with Gasteiger partial charge >= 0.3 is 17.6 Å². The van der Waals surface area contributed by atoms with Gasteiger partial charge in [-0.3, -0.25) is 9.13 Å². The topological polar surface area (TPSA) is 78.8 Å². The van der Waals surface area contributed by atoms with E-state index < -0.39 is 11.7 Å². The Hall–Kier alpha value is -2.98. The SMILES string of the molecule is O=c1[nH]c2cc(Cl)ccc2n1CCCN1CCC(n2c(=O)[nH]c3cc(C(F)(F)F)ccc32)CC1. The quantitative estimate of drug-likeness (QED) is 0.433. The number of hydrogen-bond acceptors (Lipinski definition) is 3. The first-order chi connectivity index (χ1) is 16.2. The number of H-pyrrole nitrogens is 2. The van der Waals surface area contributed by atoms with Crippen LogP contribution in [0.1, 0.15) is 30.9 Å². The third-order valence-corrected chi connectivity index (χ3v) is 6.79. The number of benzene rings is 2. The summed E-state index contributed by atoms with van der Waals surface area (Å²) in [6, 6.07) is 8.62. The van der Waals surface area contributed by atoms with Crippen LogP contribution >= 0.6 is 11.6 Å². The first-order valence-corrected chi connectivity index (χ1v) is 11.5. The van der Waals surface area contributed by atoms with Gasteiger partial charge in [-0.2, -0.15) is 13.2 Å². The van der Waals surface area contributed by atoms with Gasteiger partial charge < -0.3 is 14.9 Å². The van der Waals surface area contributed by atoms with E-state index in [9.17, 15) is 22.8 Å². The molecule has 0 bridgehead atoms. The largest absolute Gasteiger partial charge is 0.416 e. The highest BCUT2D eigenvalue weighted by Crippen LogP contribution is 2.32. The third kappa shape index (κ3) is 4.27. The van der Waals surface area contributed by atoms with E-state index in [0.29, 0.717) is 22.6 Å². The fourth-order valence-electron chi connectivity index (χ4n) is 4.88. The van der Waals surface area contributed by atoms with E-state index in [0.717, 1.165) is 56.5 Å². The van der Waals surface area contributed by atoms with E-state index in [4.69, 9.17) is 11.6 Å². The van der Waals surface area contributed by atoms with Crippen LogP contribution in [0.15, 0.2) is 46.0 Å².